The van der Waals surface area contributed by atoms with E-state index in [1.165, 1.54) is 24.1 Å². The molecule has 0 bridgehead atoms. The van der Waals surface area contributed by atoms with Gasteiger partial charge in [0.2, 0.25) is 11.8 Å². The Morgan fingerprint density at radius 3 is 2.07 bits per heavy atom. The topological polar surface area (TPSA) is 96.0 Å². The van der Waals surface area contributed by atoms with Gasteiger partial charge in [-0.05, 0) is 67.9 Å². The number of nitrogens with zero attached hydrogens (tertiary/aromatic N) is 2. The van der Waals surface area contributed by atoms with E-state index in [2.05, 4.69) is 5.32 Å². The van der Waals surface area contributed by atoms with Crippen LogP contribution < -0.4 is 14.4 Å². The fourth-order valence-electron chi connectivity index (χ4n) is 4.81. The number of hydrogen-bond acceptors (Lipinski definition) is 5. The first kappa shape index (κ1) is 33.8. The van der Waals surface area contributed by atoms with Crippen molar-refractivity contribution < 1.29 is 22.7 Å². The smallest absolute Gasteiger partial charge is 0.264 e. The van der Waals surface area contributed by atoms with Crippen LogP contribution in [-0.2, 0) is 32.6 Å². The number of sulfonamides is 1. The van der Waals surface area contributed by atoms with Crippen molar-refractivity contribution in [2.45, 2.75) is 37.8 Å². The minimum atomic E-state index is -4.25. The third kappa shape index (κ3) is 8.36. The van der Waals surface area contributed by atoms with Crippen molar-refractivity contribution in [3.8, 4) is 5.75 Å². The number of ether oxygens (including phenoxy) is 1. The van der Waals surface area contributed by atoms with Crippen LogP contribution in [0.25, 0.3) is 0 Å². The average Bonchev–Trinajstić information content (AvgIpc) is 3.03. The molecular weight excluding hydrogens is 633 g/mol. The second-order valence-corrected chi connectivity index (χ2v) is 13.0. The SMILES string of the molecule is CCNC(=O)[C@H](Cc1ccccc1)N(Cc1c(Cl)cccc1Cl)C(=O)CN(c1ccc(C)cc1)S(=O)(=O)c1ccc(OC)cc1. The fourth-order valence-corrected chi connectivity index (χ4v) is 6.75. The highest BCUT2D eigenvalue weighted by Gasteiger charge is 2.35. The summed E-state index contributed by atoms with van der Waals surface area (Å²) in [5.74, 6) is -0.519. The first-order valence-electron chi connectivity index (χ1n) is 14.3. The van der Waals surface area contributed by atoms with Crippen LogP contribution in [0.2, 0.25) is 10.0 Å². The monoisotopic (exact) mass is 667 g/mol. The van der Waals surface area contributed by atoms with Crippen molar-refractivity contribution in [3.63, 3.8) is 0 Å². The zero-order valence-corrected chi connectivity index (χ0v) is 27.6. The summed E-state index contributed by atoms with van der Waals surface area (Å²) in [5, 5.41) is 3.46. The molecule has 0 heterocycles. The Hall–Kier alpha value is -4.05. The molecule has 8 nitrogen and oxygen atoms in total. The van der Waals surface area contributed by atoms with E-state index in [1.807, 2.05) is 37.3 Å². The lowest BCUT2D eigenvalue weighted by atomic mass is 10.0. The van der Waals surface area contributed by atoms with Crippen molar-refractivity contribution in [3.05, 3.63) is 124 Å². The van der Waals surface area contributed by atoms with Crippen molar-refractivity contribution in [1.82, 2.24) is 10.2 Å². The lowest BCUT2D eigenvalue weighted by molar-refractivity contribution is -0.140. The Kier molecular flexibility index (Phi) is 11.5. The summed E-state index contributed by atoms with van der Waals surface area (Å²) in [6.45, 7) is 3.28. The quantitative estimate of drug-likeness (QED) is 0.181. The van der Waals surface area contributed by atoms with Crippen LogP contribution in [0.1, 0.15) is 23.6 Å². The van der Waals surface area contributed by atoms with Crippen LogP contribution in [0.5, 0.6) is 5.75 Å². The molecule has 0 radical (unpaired) electrons. The molecule has 0 fully saturated rings. The summed E-state index contributed by atoms with van der Waals surface area (Å²) in [4.78, 5) is 29.4. The Labute approximate surface area is 274 Å². The van der Waals surface area contributed by atoms with Gasteiger partial charge in [-0.25, -0.2) is 8.42 Å². The minimum absolute atomic E-state index is 0.0260. The molecule has 0 saturated heterocycles. The number of hydrogen-bond donors (Lipinski definition) is 1. The molecular formula is C34H35Cl2N3O5S. The predicted octanol–water partition coefficient (Wildman–Crippen LogP) is 6.28. The molecule has 0 spiro atoms. The zero-order valence-electron chi connectivity index (χ0n) is 25.2. The molecule has 0 saturated carbocycles. The number of amides is 2. The molecule has 4 rings (SSSR count). The van der Waals surface area contributed by atoms with Gasteiger partial charge in [-0.15, -0.1) is 0 Å². The number of carbonyl (C=O) groups excluding carboxylic acids is 2. The van der Waals surface area contributed by atoms with Gasteiger partial charge in [-0.3, -0.25) is 13.9 Å². The summed E-state index contributed by atoms with van der Waals surface area (Å²) in [7, 11) is -2.76. The molecule has 0 aliphatic rings. The van der Waals surface area contributed by atoms with Gasteiger partial charge in [0, 0.05) is 35.1 Å². The van der Waals surface area contributed by atoms with E-state index in [4.69, 9.17) is 27.9 Å². The third-order valence-electron chi connectivity index (χ3n) is 7.26. The van der Waals surface area contributed by atoms with Crippen molar-refractivity contribution >= 4 is 50.7 Å². The van der Waals surface area contributed by atoms with Crippen LogP contribution in [0.3, 0.4) is 0 Å². The van der Waals surface area contributed by atoms with E-state index < -0.39 is 34.4 Å². The van der Waals surface area contributed by atoms with E-state index in [0.29, 0.717) is 27.9 Å². The van der Waals surface area contributed by atoms with Gasteiger partial charge in [0.15, 0.2) is 0 Å². The van der Waals surface area contributed by atoms with Crippen molar-refractivity contribution in [2.75, 3.05) is 24.5 Å². The molecule has 0 aliphatic carbocycles. The van der Waals surface area contributed by atoms with E-state index in [9.17, 15) is 18.0 Å². The molecule has 0 unspecified atom stereocenters. The molecule has 11 heteroatoms. The Balaban J connectivity index is 1.82. The molecule has 236 valence electrons. The van der Waals surface area contributed by atoms with Crippen LogP contribution >= 0.6 is 23.2 Å². The molecule has 0 aromatic heterocycles. The van der Waals surface area contributed by atoms with Crippen LogP contribution in [0.4, 0.5) is 5.69 Å². The highest BCUT2D eigenvalue weighted by atomic mass is 35.5. The summed E-state index contributed by atoms with van der Waals surface area (Å²) >= 11 is 13.1. The Morgan fingerprint density at radius 2 is 1.49 bits per heavy atom. The summed E-state index contributed by atoms with van der Waals surface area (Å²) < 4.78 is 34.5. The highest BCUT2D eigenvalue weighted by molar-refractivity contribution is 7.92. The first-order chi connectivity index (χ1) is 21.5. The number of likely N-dealkylation sites (N-methyl/N-ethyl adjacent to an activating group) is 1. The lowest BCUT2D eigenvalue weighted by Crippen LogP contribution is -2.53. The maximum atomic E-state index is 14.5. The lowest BCUT2D eigenvalue weighted by Gasteiger charge is -2.34. The number of carbonyl (C=O) groups is 2. The van der Waals surface area contributed by atoms with Gasteiger partial charge < -0.3 is 15.0 Å². The molecule has 0 aliphatic heterocycles. The van der Waals surface area contributed by atoms with Gasteiger partial charge in [0.1, 0.15) is 18.3 Å². The molecule has 45 heavy (non-hydrogen) atoms. The van der Waals surface area contributed by atoms with Gasteiger partial charge in [-0.1, -0.05) is 77.3 Å². The second-order valence-electron chi connectivity index (χ2n) is 10.3. The number of nitrogens with one attached hydrogen (secondary N) is 1. The third-order valence-corrected chi connectivity index (χ3v) is 9.76. The molecule has 4 aromatic carbocycles. The largest absolute Gasteiger partial charge is 0.497 e. The average molecular weight is 669 g/mol. The second kappa shape index (κ2) is 15.3. The summed E-state index contributed by atoms with van der Waals surface area (Å²) in [6, 6.07) is 26.0. The standard InChI is InChI=1S/C34H35Cl2N3O5S/c1-4-37-34(41)32(21-25-9-6-5-7-10-25)38(22-29-30(35)11-8-12-31(29)36)33(40)23-39(26-15-13-24(2)14-16-26)45(42,43)28-19-17-27(44-3)18-20-28/h5-20,32H,4,21-23H2,1-3H3,(H,37,41)/t32-/m0/s1. The van der Waals surface area contributed by atoms with Crippen molar-refractivity contribution in [1.29, 1.82) is 0 Å². The number of anilines is 1. The van der Waals surface area contributed by atoms with E-state index in [0.717, 1.165) is 15.4 Å². The van der Waals surface area contributed by atoms with Gasteiger partial charge >= 0.3 is 0 Å². The number of halogens is 2. The first-order valence-corrected chi connectivity index (χ1v) is 16.5. The Morgan fingerprint density at radius 1 is 0.867 bits per heavy atom. The van der Waals surface area contributed by atoms with E-state index in [1.54, 1.807) is 61.5 Å². The van der Waals surface area contributed by atoms with Crippen LogP contribution in [0, 0.1) is 6.92 Å². The normalized spacial score (nSPS) is 11.8. The molecule has 1 N–H and O–H groups in total. The predicted molar refractivity (Wildman–Crippen MR) is 178 cm³/mol. The van der Waals surface area contributed by atoms with Crippen LogP contribution in [-0.4, -0.2) is 51.4 Å². The number of benzene rings is 4. The summed E-state index contributed by atoms with van der Waals surface area (Å²) in [5.41, 5.74) is 2.47. The molecule has 2 amide bonds. The molecule has 1 atom stereocenters. The number of aryl methyl sites for hydroxylation is 1. The molecule has 4 aromatic rings. The number of rotatable bonds is 13. The highest BCUT2D eigenvalue weighted by Crippen LogP contribution is 2.29. The number of methoxy groups -OCH3 is 1. The van der Waals surface area contributed by atoms with Gasteiger partial charge in [0.05, 0.1) is 17.7 Å². The maximum Gasteiger partial charge on any atom is 0.264 e. The van der Waals surface area contributed by atoms with Gasteiger partial charge in [0.25, 0.3) is 10.0 Å². The zero-order chi connectivity index (χ0) is 32.6. The van der Waals surface area contributed by atoms with E-state index >= 15 is 0 Å². The van der Waals surface area contributed by atoms with Crippen molar-refractivity contribution in [2.24, 2.45) is 0 Å². The maximum absolute atomic E-state index is 14.5. The fraction of sp³-hybridized carbons (Fsp3) is 0.235. The van der Waals surface area contributed by atoms with Gasteiger partial charge in [-0.2, -0.15) is 0 Å². The van der Waals surface area contributed by atoms with Crippen LogP contribution in [0.15, 0.2) is 102 Å². The Bertz CT molecular complexity index is 1700. The summed E-state index contributed by atoms with van der Waals surface area (Å²) in [6.07, 6.45) is 0.177. The van der Waals surface area contributed by atoms with E-state index in [-0.39, 0.29) is 23.5 Å². The minimum Gasteiger partial charge on any atom is -0.497 e.